The van der Waals surface area contributed by atoms with Gasteiger partial charge in [0.15, 0.2) is 0 Å². The molecular formula is C19H41Al. The first-order chi connectivity index (χ1) is 9.41. The molecule has 0 amide bonds. The normalized spacial score (nSPS) is 11.8. The van der Waals surface area contributed by atoms with Crippen molar-refractivity contribution < 1.29 is 0 Å². The molecule has 0 aromatic heterocycles. The zero-order valence-corrected chi connectivity index (χ0v) is 16.5. The van der Waals surface area contributed by atoms with Crippen molar-refractivity contribution in [2.24, 2.45) is 17.8 Å². The second kappa shape index (κ2) is 13.2. The van der Waals surface area contributed by atoms with Gasteiger partial charge in [0.05, 0.1) is 0 Å². The molecule has 0 aromatic rings. The zero-order valence-electron chi connectivity index (χ0n) is 15.4. The first-order valence-corrected chi connectivity index (χ1v) is 11.9. The van der Waals surface area contributed by atoms with Crippen LogP contribution in [0.3, 0.4) is 0 Å². The summed E-state index contributed by atoms with van der Waals surface area (Å²) in [5.74, 6) is 2.76. The highest BCUT2D eigenvalue weighted by atomic mass is 27.2. The van der Waals surface area contributed by atoms with Gasteiger partial charge >= 0.3 is 0 Å². The van der Waals surface area contributed by atoms with E-state index in [4.69, 9.17) is 0 Å². The molecule has 0 aliphatic heterocycles. The fraction of sp³-hybridized carbons (Fsp3) is 1.00. The molecule has 0 unspecified atom stereocenters. The highest BCUT2D eigenvalue weighted by Crippen LogP contribution is 2.21. The molecule has 0 spiro atoms. The minimum Gasteiger partial charge on any atom is -0.0938 e. The summed E-state index contributed by atoms with van der Waals surface area (Å²) < 4.78 is 0. The Morgan fingerprint density at radius 3 is 1.45 bits per heavy atom. The van der Waals surface area contributed by atoms with Gasteiger partial charge in [0, 0.05) is 0 Å². The van der Waals surface area contributed by atoms with Crippen molar-refractivity contribution in [3.8, 4) is 0 Å². The van der Waals surface area contributed by atoms with E-state index in [0.717, 1.165) is 17.8 Å². The lowest BCUT2D eigenvalue weighted by molar-refractivity contribution is 0.513. The van der Waals surface area contributed by atoms with E-state index in [-0.39, 0.29) is 0 Å². The molecule has 0 nitrogen and oxygen atoms in total. The van der Waals surface area contributed by atoms with Gasteiger partial charge in [0.2, 0.25) is 0 Å². The standard InChI is InChI=1S/C11H23.2C4H9.Al/c1-4-5-6-7-8-9-10-11(2)3;2*1-4(2)3;/h11H,1,4-10H2,2-3H3;2*4H,1H2,2-3H3;. The molecule has 120 valence electrons. The number of rotatable bonds is 13. The summed E-state index contributed by atoms with van der Waals surface area (Å²) in [5, 5.41) is 4.77. The molecule has 0 saturated heterocycles. The summed E-state index contributed by atoms with van der Waals surface area (Å²) in [4.78, 5) is 0. The Bertz CT molecular complexity index is 186. The first kappa shape index (κ1) is 20.5. The van der Waals surface area contributed by atoms with Crippen molar-refractivity contribution in [1.82, 2.24) is 0 Å². The van der Waals surface area contributed by atoms with Crippen LogP contribution in [0.25, 0.3) is 0 Å². The molecule has 0 N–H and O–H groups in total. The van der Waals surface area contributed by atoms with Crippen molar-refractivity contribution in [2.45, 2.75) is 102 Å². The van der Waals surface area contributed by atoms with Crippen LogP contribution in [0.15, 0.2) is 0 Å². The van der Waals surface area contributed by atoms with Crippen LogP contribution < -0.4 is 0 Å². The van der Waals surface area contributed by atoms with Crippen LogP contribution in [0.2, 0.25) is 15.8 Å². The van der Waals surface area contributed by atoms with Crippen LogP contribution in [-0.4, -0.2) is 14.1 Å². The lowest BCUT2D eigenvalue weighted by atomic mass is 10.0. The van der Waals surface area contributed by atoms with E-state index in [1.165, 1.54) is 44.9 Å². The topological polar surface area (TPSA) is 0 Å². The molecule has 0 rings (SSSR count). The third-order valence-corrected chi connectivity index (χ3v) is 8.70. The minimum atomic E-state index is -0.428. The van der Waals surface area contributed by atoms with Gasteiger partial charge in [-0.15, -0.1) is 0 Å². The molecule has 0 atom stereocenters. The highest BCUT2D eigenvalue weighted by molar-refractivity contribution is 6.58. The van der Waals surface area contributed by atoms with E-state index in [1.807, 2.05) is 0 Å². The molecule has 0 radical (unpaired) electrons. The van der Waals surface area contributed by atoms with Gasteiger partial charge < -0.3 is 0 Å². The Kier molecular flexibility index (Phi) is 13.6. The monoisotopic (exact) mass is 296 g/mol. The Morgan fingerprint density at radius 1 is 0.550 bits per heavy atom. The van der Waals surface area contributed by atoms with Crippen LogP contribution in [0.1, 0.15) is 86.5 Å². The van der Waals surface area contributed by atoms with Gasteiger partial charge in [0.1, 0.15) is 0 Å². The molecule has 0 aliphatic rings. The van der Waals surface area contributed by atoms with Gasteiger partial charge in [-0.25, -0.2) is 0 Å². The fourth-order valence-corrected chi connectivity index (χ4v) is 7.55. The van der Waals surface area contributed by atoms with Crippen molar-refractivity contribution in [2.75, 3.05) is 0 Å². The average Bonchev–Trinajstić information content (AvgIpc) is 2.30. The van der Waals surface area contributed by atoms with Gasteiger partial charge in [-0.3, -0.25) is 0 Å². The Balaban J connectivity index is 3.53. The Morgan fingerprint density at radius 2 is 1.00 bits per heavy atom. The lowest BCUT2D eigenvalue weighted by Crippen LogP contribution is -2.17. The number of unbranched alkanes of at least 4 members (excludes halogenated alkanes) is 5. The first-order valence-electron chi connectivity index (χ1n) is 9.41. The molecular weight excluding hydrogens is 255 g/mol. The van der Waals surface area contributed by atoms with Crippen LogP contribution in [0.4, 0.5) is 0 Å². The SMILES string of the molecule is CC(C)CCCCCCC[CH2][Al]([CH2]C(C)C)[CH2]C(C)C. The van der Waals surface area contributed by atoms with E-state index < -0.39 is 14.1 Å². The molecule has 0 heterocycles. The Labute approximate surface area is 134 Å². The van der Waals surface area contributed by atoms with Crippen molar-refractivity contribution in [3.63, 3.8) is 0 Å². The van der Waals surface area contributed by atoms with E-state index in [0.29, 0.717) is 0 Å². The van der Waals surface area contributed by atoms with Crippen molar-refractivity contribution in [3.05, 3.63) is 0 Å². The maximum Gasteiger partial charge on any atom is 0.262 e. The summed E-state index contributed by atoms with van der Waals surface area (Å²) in [6.07, 6.45) is 10.3. The predicted octanol–water partition coefficient (Wildman–Crippen LogP) is 7.18. The van der Waals surface area contributed by atoms with Crippen LogP contribution in [-0.2, 0) is 0 Å². The third-order valence-electron chi connectivity index (χ3n) is 4.25. The summed E-state index contributed by atoms with van der Waals surface area (Å²) in [6, 6.07) is 0. The summed E-state index contributed by atoms with van der Waals surface area (Å²) in [7, 11) is 0. The number of hydrogen-bond donors (Lipinski definition) is 0. The van der Waals surface area contributed by atoms with E-state index >= 15 is 0 Å². The maximum absolute atomic E-state index is 2.41. The zero-order chi connectivity index (χ0) is 15.4. The van der Waals surface area contributed by atoms with E-state index in [9.17, 15) is 0 Å². The predicted molar refractivity (Wildman–Crippen MR) is 97.0 cm³/mol. The fourth-order valence-electron chi connectivity index (χ4n) is 3.36. The van der Waals surface area contributed by atoms with Crippen molar-refractivity contribution in [1.29, 1.82) is 0 Å². The highest BCUT2D eigenvalue weighted by Gasteiger charge is 2.19. The number of hydrogen-bond acceptors (Lipinski definition) is 0. The molecule has 20 heavy (non-hydrogen) atoms. The van der Waals surface area contributed by atoms with E-state index in [1.54, 1.807) is 15.8 Å². The van der Waals surface area contributed by atoms with Crippen LogP contribution in [0, 0.1) is 17.8 Å². The minimum absolute atomic E-state index is 0.428. The van der Waals surface area contributed by atoms with Crippen molar-refractivity contribution >= 4 is 14.1 Å². The smallest absolute Gasteiger partial charge is 0.0938 e. The summed E-state index contributed by atoms with van der Waals surface area (Å²) >= 11 is -0.428. The summed E-state index contributed by atoms with van der Waals surface area (Å²) in [5.41, 5.74) is 0. The molecule has 1 heteroatoms. The largest absolute Gasteiger partial charge is 0.262 e. The van der Waals surface area contributed by atoms with Gasteiger partial charge in [-0.05, 0) is 5.92 Å². The van der Waals surface area contributed by atoms with Gasteiger partial charge in [-0.2, -0.15) is 0 Å². The second-order valence-electron chi connectivity index (χ2n) is 8.22. The molecule has 0 aliphatic carbocycles. The average molecular weight is 297 g/mol. The molecule has 0 bridgehead atoms. The maximum atomic E-state index is 2.41. The van der Waals surface area contributed by atoms with Crippen LogP contribution in [0.5, 0.6) is 0 Å². The summed E-state index contributed by atoms with van der Waals surface area (Å²) in [6.45, 7) is 14.3. The van der Waals surface area contributed by atoms with E-state index in [2.05, 4.69) is 41.5 Å². The third kappa shape index (κ3) is 14.9. The Hall–Kier alpha value is 0.532. The molecule has 0 saturated carbocycles. The van der Waals surface area contributed by atoms with Gasteiger partial charge in [0.25, 0.3) is 14.1 Å². The van der Waals surface area contributed by atoms with Crippen LogP contribution >= 0.6 is 0 Å². The molecule has 0 fully saturated rings. The quantitative estimate of drug-likeness (QED) is 0.249. The van der Waals surface area contributed by atoms with Gasteiger partial charge in [-0.1, -0.05) is 114 Å². The lowest BCUT2D eigenvalue weighted by Gasteiger charge is -2.16. The second-order valence-corrected chi connectivity index (χ2v) is 11.5. The molecule has 0 aromatic carbocycles.